The van der Waals surface area contributed by atoms with E-state index in [1.807, 2.05) is 19.1 Å². The Hall–Kier alpha value is -1.89. The summed E-state index contributed by atoms with van der Waals surface area (Å²) < 4.78 is 27.0. The highest BCUT2D eigenvalue weighted by Gasteiger charge is 2.33. The molecule has 0 aromatic heterocycles. The topological polar surface area (TPSA) is 66.5 Å². The van der Waals surface area contributed by atoms with Gasteiger partial charge in [0, 0.05) is 18.1 Å². The number of nitrogens with one attached hydrogen (secondary N) is 1. The molecule has 0 unspecified atom stereocenters. The molecule has 2 atom stereocenters. The molecule has 5 nitrogen and oxygen atoms in total. The van der Waals surface area contributed by atoms with E-state index in [0.717, 1.165) is 5.56 Å². The van der Waals surface area contributed by atoms with Gasteiger partial charge < -0.3 is 5.32 Å². The van der Waals surface area contributed by atoms with Crippen LogP contribution < -0.4 is 5.32 Å². The first-order valence-corrected chi connectivity index (χ1v) is 10.8. The Morgan fingerprint density at radius 3 is 2.48 bits per heavy atom. The van der Waals surface area contributed by atoms with Gasteiger partial charge in [-0.05, 0) is 49.6 Å². The lowest BCUT2D eigenvalue weighted by atomic mass is 9.98. The van der Waals surface area contributed by atoms with Gasteiger partial charge in [-0.1, -0.05) is 41.9 Å². The highest BCUT2D eigenvalue weighted by molar-refractivity contribution is 7.89. The zero-order valence-corrected chi connectivity index (χ0v) is 16.7. The molecule has 0 aliphatic carbocycles. The van der Waals surface area contributed by atoms with Crippen molar-refractivity contribution >= 4 is 27.5 Å². The predicted molar refractivity (Wildman–Crippen MR) is 106 cm³/mol. The van der Waals surface area contributed by atoms with E-state index in [1.165, 1.54) is 4.31 Å². The van der Waals surface area contributed by atoms with Crippen molar-refractivity contribution < 1.29 is 13.2 Å². The normalized spacial score (nSPS) is 19.4. The summed E-state index contributed by atoms with van der Waals surface area (Å²) in [5, 5.41) is 3.64. The molecule has 27 heavy (non-hydrogen) atoms. The van der Waals surface area contributed by atoms with Gasteiger partial charge in [-0.2, -0.15) is 4.31 Å². The predicted octanol–water partition coefficient (Wildman–Crippen LogP) is 3.62. The van der Waals surface area contributed by atoms with E-state index in [-0.39, 0.29) is 29.3 Å². The van der Waals surface area contributed by atoms with Crippen LogP contribution in [0.4, 0.5) is 0 Å². The average molecular weight is 407 g/mol. The number of hydrogen-bond donors (Lipinski definition) is 1. The summed E-state index contributed by atoms with van der Waals surface area (Å²) in [5.74, 6) is -0.475. The minimum Gasteiger partial charge on any atom is -0.349 e. The molecular weight excluding hydrogens is 384 g/mol. The lowest BCUT2D eigenvalue weighted by Gasteiger charge is -2.32. The smallest absolute Gasteiger partial charge is 0.243 e. The Morgan fingerprint density at radius 1 is 1.15 bits per heavy atom. The Balaban J connectivity index is 1.67. The summed E-state index contributed by atoms with van der Waals surface area (Å²) in [5.41, 5.74) is 0.956. The maximum absolute atomic E-state index is 12.8. The van der Waals surface area contributed by atoms with E-state index < -0.39 is 10.0 Å². The summed E-state index contributed by atoms with van der Waals surface area (Å²) in [4.78, 5) is 13.0. The van der Waals surface area contributed by atoms with Crippen LogP contribution in [0.25, 0.3) is 0 Å². The van der Waals surface area contributed by atoms with Crippen molar-refractivity contribution in [2.75, 3.05) is 13.1 Å². The number of rotatable bonds is 5. The average Bonchev–Trinajstić information content (AvgIpc) is 2.69. The van der Waals surface area contributed by atoms with Crippen molar-refractivity contribution in [3.63, 3.8) is 0 Å². The van der Waals surface area contributed by atoms with Crippen molar-refractivity contribution in [2.24, 2.45) is 5.92 Å². The second-order valence-corrected chi connectivity index (χ2v) is 9.17. The van der Waals surface area contributed by atoms with Gasteiger partial charge in [-0.15, -0.1) is 0 Å². The third-order valence-corrected chi connectivity index (χ3v) is 7.00. The van der Waals surface area contributed by atoms with Gasteiger partial charge in [0.25, 0.3) is 0 Å². The van der Waals surface area contributed by atoms with Crippen LogP contribution in [-0.2, 0) is 14.8 Å². The molecule has 2 aromatic rings. The van der Waals surface area contributed by atoms with Crippen LogP contribution >= 0.6 is 11.6 Å². The lowest BCUT2D eigenvalue weighted by Crippen LogP contribution is -2.45. The van der Waals surface area contributed by atoms with E-state index in [1.54, 1.807) is 42.5 Å². The van der Waals surface area contributed by atoms with Gasteiger partial charge >= 0.3 is 0 Å². The summed E-state index contributed by atoms with van der Waals surface area (Å²) >= 11 is 5.90. The summed E-state index contributed by atoms with van der Waals surface area (Å²) in [7, 11) is -3.58. The van der Waals surface area contributed by atoms with E-state index in [9.17, 15) is 13.2 Å². The molecule has 2 aromatic carbocycles. The monoisotopic (exact) mass is 406 g/mol. The van der Waals surface area contributed by atoms with E-state index >= 15 is 0 Å². The molecule has 1 fully saturated rings. The maximum Gasteiger partial charge on any atom is 0.243 e. The second kappa shape index (κ2) is 8.42. The number of carbonyl (C=O) groups excluding carboxylic acids is 1. The molecule has 0 saturated carbocycles. The van der Waals surface area contributed by atoms with Crippen molar-refractivity contribution in [2.45, 2.75) is 30.7 Å². The SMILES string of the molecule is C[C@H](NC(=O)[C@H]1CCCN(S(=O)(=O)c2ccccc2)C1)c1ccc(Cl)cc1. The van der Waals surface area contributed by atoms with Crippen LogP contribution in [0.5, 0.6) is 0 Å². The Labute approximate surface area is 165 Å². The number of nitrogens with zero attached hydrogens (tertiary/aromatic N) is 1. The Morgan fingerprint density at radius 2 is 1.81 bits per heavy atom. The third-order valence-electron chi connectivity index (χ3n) is 4.86. The standard InChI is InChI=1S/C20H23ClN2O3S/c1-15(16-9-11-18(21)12-10-16)22-20(24)17-6-5-13-23(14-17)27(25,26)19-7-3-2-4-8-19/h2-4,7-12,15,17H,5-6,13-14H2,1H3,(H,22,24)/t15-,17-/m0/s1. The van der Waals surface area contributed by atoms with Crippen molar-refractivity contribution in [1.82, 2.24) is 9.62 Å². The molecule has 1 N–H and O–H groups in total. The molecule has 0 spiro atoms. The second-order valence-electron chi connectivity index (χ2n) is 6.80. The number of benzene rings is 2. The molecule has 1 amide bonds. The first-order chi connectivity index (χ1) is 12.9. The highest BCUT2D eigenvalue weighted by atomic mass is 35.5. The zero-order chi connectivity index (χ0) is 19.4. The van der Waals surface area contributed by atoms with Crippen LogP contribution in [0.15, 0.2) is 59.5 Å². The third kappa shape index (κ3) is 4.69. The van der Waals surface area contributed by atoms with E-state index in [2.05, 4.69) is 5.32 Å². The molecule has 1 saturated heterocycles. The van der Waals surface area contributed by atoms with Crippen molar-refractivity contribution in [1.29, 1.82) is 0 Å². The van der Waals surface area contributed by atoms with Crippen LogP contribution in [0.3, 0.4) is 0 Å². The van der Waals surface area contributed by atoms with E-state index in [0.29, 0.717) is 24.4 Å². The quantitative estimate of drug-likeness (QED) is 0.824. The first kappa shape index (κ1) is 19.9. The minimum atomic E-state index is -3.58. The summed E-state index contributed by atoms with van der Waals surface area (Å²) in [6.07, 6.45) is 1.35. The fourth-order valence-electron chi connectivity index (χ4n) is 3.28. The number of carbonyl (C=O) groups is 1. The molecular formula is C20H23ClN2O3S. The molecule has 7 heteroatoms. The van der Waals surface area contributed by atoms with Gasteiger partial charge in [0.05, 0.1) is 16.9 Å². The van der Waals surface area contributed by atoms with Crippen LogP contribution in [0.2, 0.25) is 5.02 Å². The molecule has 0 bridgehead atoms. The lowest BCUT2D eigenvalue weighted by molar-refractivity contribution is -0.126. The molecule has 3 rings (SSSR count). The summed E-state index contributed by atoms with van der Waals surface area (Å²) in [6.45, 7) is 2.55. The minimum absolute atomic E-state index is 0.120. The van der Waals surface area contributed by atoms with E-state index in [4.69, 9.17) is 11.6 Å². The first-order valence-electron chi connectivity index (χ1n) is 8.99. The zero-order valence-electron chi connectivity index (χ0n) is 15.1. The number of amides is 1. The Bertz CT molecular complexity index is 885. The number of halogens is 1. The fraction of sp³-hybridized carbons (Fsp3) is 0.350. The molecule has 0 radical (unpaired) electrons. The molecule has 1 aliphatic heterocycles. The summed E-state index contributed by atoms with van der Waals surface area (Å²) in [6, 6.07) is 15.5. The van der Waals surface area contributed by atoms with Crippen molar-refractivity contribution in [3.8, 4) is 0 Å². The van der Waals surface area contributed by atoms with Crippen LogP contribution in [0, 0.1) is 5.92 Å². The fourth-order valence-corrected chi connectivity index (χ4v) is 4.95. The van der Waals surface area contributed by atoms with Gasteiger partial charge in [-0.3, -0.25) is 4.79 Å². The van der Waals surface area contributed by atoms with Gasteiger partial charge in [0.1, 0.15) is 0 Å². The van der Waals surface area contributed by atoms with Gasteiger partial charge in [0.15, 0.2) is 0 Å². The maximum atomic E-state index is 12.8. The largest absolute Gasteiger partial charge is 0.349 e. The van der Waals surface area contributed by atoms with Crippen LogP contribution in [-0.4, -0.2) is 31.7 Å². The number of piperidine rings is 1. The highest BCUT2D eigenvalue weighted by Crippen LogP contribution is 2.25. The van der Waals surface area contributed by atoms with Gasteiger partial charge in [0.2, 0.25) is 15.9 Å². The number of sulfonamides is 1. The molecule has 144 valence electrons. The Kier molecular flexibility index (Phi) is 6.19. The molecule has 1 aliphatic rings. The van der Waals surface area contributed by atoms with Crippen LogP contribution in [0.1, 0.15) is 31.4 Å². The van der Waals surface area contributed by atoms with Crippen molar-refractivity contribution in [3.05, 3.63) is 65.2 Å². The molecule has 1 heterocycles. The van der Waals surface area contributed by atoms with Gasteiger partial charge in [-0.25, -0.2) is 8.42 Å². The number of hydrogen-bond acceptors (Lipinski definition) is 3.